The molecular formula is C46H52N2O4S. The van der Waals surface area contributed by atoms with Crippen LogP contribution in [0.2, 0.25) is 0 Å². The van der Waals surface area contributed by atoms with E-state index in [4.69, 9.17) is 0 Å². The number of thiophene rings is 1. The van der Waals surface area contributed by atoms with Gasteiger partial charge in [0, 0.05) is 39.1 Å². The maximum absolute atomic E-state index is 15.1. The van der Waals surface area contributed by atoms with Gasteiger partial charge in [-0.3, -0.25) is 4.79 Å². The summed E-state index contributed by atoms with van der Waals surface area (Å²) in [6.07, 6.45) is 12.0. The standard InChI is InChI=1S/C46H52N2O4S/c1-29(2)47-41(51)48(27-32-13-9-12-30-10-5-7-14-34(30)32)28-45(52)21-18-39-43(45,4)20-17-38-42(3)19-16-33(49)25-44(42)22-23-46(38,39)35(26-44)40(50)37-24-31-11-6-8-15-36(31)53-37/h5-15,22-24,26,29,33,38-39,49,52H,16-21,25,27-28H2,1-4H3,(H,47,51)/t33?,38-,39-,42-,43+,44+,45-,46-/m1/s1. The second-order valence-electron chi connectivity index (χ2n) is 17.9. The molecule has 3 aromatic carbocycles. The van der Waals surface area contributed by atoms with Crippen LogP contribution in [0.15, 0.2) is 96.6 Å². The molecule has 53 heavy (non-hydrogen) atoms. The number of Topliss-reactive ketones (excluding diaryl/α,β-unsaturated/α-hetero) is 1. The van der Waals surface area contributed by atoms with E-state index in [0.717, 1.165) is 69.0 Å². The molecule has 6 aliphatic carbocycles. The molecule has 0 saturated heterocycles. The maximum atomic E-state index is 15.1. The lowest BCUT2D eigenvalue weighted by atomic mass is 9.32. The fourth-order valence-corrected chi connectivity index (χ4v) is 13.3. The molecule has 10 rings (SSSR count). The van der Waals surface area contributed by atoms with Crippen LogP contribution in [-0.2, 0) is 6.54 Å². The molecule has 7 heteroatoms. The normalized spacial score (nSPS) is 35.5. The summed E-state index contributed by atoms with van der Waals surface area (Å²) in [7, 11) is 0. The molecule has 0 aliphatic heterocycles. The first-order valence-electron chi connectivity index (χ1n) is 19.7. The van der Waals surface area contributed by atoms with Crippen molar-refractivity contribution in [3.63, 3.8) is 0 Å². The SMILES string of the molecule is CC(C)NC(=O)N(Cc1cccc2ccccc12)C[C@]1(O)CC[C@H]2[C@]34C=C[C@@]5(C=C3C(=O)c3cc6ccccc6s3)CC(O)CC[C@]5(C)[C@H]4CC[C@@]21C. The van der Waals surface area contributed by atoms with Crippen molar-refractivity contribution in [2.45, 2.75) is 96.9 Å². The molecular weight excluding hydrogens is 677 g/mol. The smallest absolute Gasteiger partial charge is 0.317 e. The van der Waals surface area contributed by atoms with Crippen LogP contribution >= 0.6 is 11.3 Å². The average molecular weight is 729 g/mol. The molecule has 8 atom stereocenters. The Bertz CT molecular complexity index is 2170. The van der Waals surface area contributed by atoms with Crippen LogP contribution in [0.5, 0.6) is 0 Å². The molecule has 6 aliphatic rings. The van der Waals surface area contributed by atoms with Crippen LogP contribution < -0.4 is 5.32 Å². The zero-order valence-corrected chi connectivity index (χ0v) is 32.2. The van der Waals surface area contributed by atoms with Crippen molar-refractivity contribution in [1.29, 1.82) is 0 Å². The van der Waals surface area contributed by atoms with Gasteiger partial charge in [0.15, 0.2) is 5.78 Å². The van der Waals surface area contributed by atoms with Gasteiger partial charge >= 0.3 is 6.03 Å². The number of nitrogens with zero attached hydrogens (tertiary/aromatic N) is 1. The van der Waals surface area contributed by atoms with Crippen LogP contribution in [0.1, 0.15) is 87.9 Å². The highest BCUT2D eigenvalue weighted by atomic mass is 32.1. The molecule has 3 saturated carbocycles. The number of aliphatic hydroxyl groups is 2. The number of hydrogen-bond donors (Lipinski definition) is 3. The Morgan fingerprint density at radius 1 is 0.887 bits per heavy atom. The number of rotatable bonds is 7. The number of fused-ring (bicyclic) bond motifs is 3. The lowest BCUT2D eigenvalue weighted by Crippen LogP contribution is -2.67. The highest BCUT2D eigenvalue weighted by Crippen LogP contribution is 2.78. The van der Waals surface area contributed by atoms with E-state index in [1.807, 2.05) is 49.1 Å². The van der Waals surface area contributed by atoms with Crippen molar-refractivity contribution < 1.29 is 19.8 Å². The van der Waals surface area contributed by atoms with E-state index in [0.29, 0.717) is 19.4 Å². The topological polar surface area (TPSA) is 89.9 Å². The number of nitrogens with one attached hydrogen (secondary N) is 1. The van der Waals surface area contributed by atoms with Crippen molar-refractivity contribution in [2.75, 3.05) is 6.54 Å². The summed E-state index contributed by atoms with van der Waals surface area (Å²) in [4.78, 5) is 31.8. The van der Waals surface area contributed by atoms with Gasteiger partial charge in [0.25, 0.3) is 0 Å². The minimum Gasteiger partial charge on any atom is -0.393 e. The highest BCUT2D eigenvalue weighted by molar-refractivity contribution is 7.21. The lowest BCUT2D eigenvalue weighted by Gasteiger charge is -2.71. The quantitative estimate of drug-likeness (QED) is 0.131. The number of hydrogen-bond acceptors (Lipinski definition) is 5. The number of aliphatic hydroxyl groups excluding tert-OH is 1. The minimum atomic E-state index is -1.16. The van der Waals surface area contributed by atoms with Crippen LogP contribution in [-0.4, -0.2) is 51.2 Å². The van der Waals surface area contributed by atoms with E-state index >= 15 is 4.79 Å². The van der Waals surface area contributed by atoms with E-state index < -0.39 is 22.5 Å². The summed E-state index contributed by atoms with van der Waals surface area (Å²) in [6, 6.07) is 24.5. The van der Waals surface area contributed by atoms with Gasteiger partial charge in [0.1, 0.15) is 0 Å². The number of carbonyl (C=O) groups is 2. The first kappa shape index (κ1) is 35.0. The predicted molar refractivity (Wildman–Crippen MR) is 213 cm³/mol. The number of allylic oxidation sites excluding steroid dienone is 4. The lowest BCUT2D eigenvalue weighted by molar-refractivity contribution is -0.174. The molecule has 2 bridgehead atoms. The molecule has 3 fully saturated rings. The highest BCUT2D eigenvalue weighted by Gasteiger charge is 2.74. The van der Waals surface area contributed by atoms with Gasteiger partial charge in [-0.1, -0.05) is 92.7 Å². The van der Waals surface area contributed by atoms with Crippen molar-refractivity contribution in [3.8, 4) is 0 Å². The fraction of sp³-hybridized carbons (Fsp3) is 0.478. The minimum absolute atomic E-state index is 0.00844. The molecule has 3 N–H and O–H groups in total. The Labute approximate surface area is 317 Å². The van der Waals surface area contributed by atoms with Crippen molar-refractivity contribution in [1.82, 2.24) is 10.2 Å². The van der Waals surface area contributed by atoms with Gasteiger partial charge in [-0.25, -0.2) is 4.79 Å². The van der Waals surface area contributed by atoms with E-state index in [1.165, 1.54) is 0 Å². The second-order valence-corrected chi connectivity index (χ2v) is 19.0. The number of benzene rings is 3. The largest absolute Gasteiger partial charge is 0.393 e. The molecule has 2 amide bonds. The van der Waals surface area contributed by atoms with Gasteiger partial charge in [-0.05, 0) is 110 Å². The number of urea groups is 1. The molecule has 1 aromatic heterocycles. The van der Waals surface area contributed by atoms with Crippen molar-refractivity contribution in [3.05, 3.63) is 107 Å². The zero-order valence-electron chi connectivity index (χ0n) is 31.4. The summed E-state index contributed by atoms with van der Waals surface area (Å²) < 4.78 is 1.10. The summed E-state index contributed by atoms with van der Waals surface area (Å²) >= 11 is 1.57. The van der Waals surface area contributed by atoms with Crippen LogP contribution in [0.25, 0.3) is 20.9 Å². The van der Waals surface area contributed by atoms with E-state index in [9.17, 15) is 15.0 Å². The monoisotopic (exact) mass is 728 g/mol. The first-order valence-corrected chi connectivity index (χ1v) is 20.5. The number of ketones is 1. The van der Waals surface area contributed by atoms with Gasteiger partial charge in [-0.2, -0.15) is 0 Å². The fourth-order valence-electron chi connectivity index (χ4n) is 12.3. The molecule has 276 valence electrons. The maximum Gasteiger partial charge on any atom is 0.317 e. The Balaban J connectivity index is 1.13. The first-order chi connectivity index (χ1) is 25.3. The van der Waals surface area contributed by atoms with Crippen LogP contribution in [0.4, 0.5) is 4.79 Å². The van der Waals surface area contributed by atoms with Gasteiger partial charge < -0.3 is 20.4 Å². The molecule has 6 nitrogen and oxygen atoms in total. The van der Waals surface area contributed by atoms with Gasteiger partial charge in [-0.15, -0.1) is 11.3 Å². The van der Waals surface area contributed by atoms with Gasteiger partial charge in [0.05, 0.1) is 23.1 Å². The summed E-state index contributed by atoms with van der Waals surface area (Å²) in [6.45, 7) is 9.22. The Morgan fingerprint density at radius 2 is 1.58 bits per heavy atom. The predicted octanol–water partition coefficient (Wildman–Crippen LogP) is 9.45. The molecule has 2 spiro atoms. The summed E-state index contributed by atoms with van der Waals surface area (Å²) in [5.41, 5.74) is -0.831. The molecule has 4 aromatic rings. The third-order valence-electron chi connectivity index (χ3n) is 15.0. The Morgan fingerprint density at radius 3 is 2.38 bits per heavy atom. The summed E-state index contributed by atoms with van der Waals surface area (Å²) in [5, 5.41) is 30.7. The van der Waals surface area contributed by atoms with Crippen LogP contribution in [0.3, 0.4) is 0 Å². The number of carbonyl (C=O) groups excluding carboxylic acids is 2. The number of amides is 2. The van der Waals surface area contributed by atoms with E-state index in [2.05, 4.69) is 79.9 Å². The molecule has 0 radical (unpaired) electrons. The Hall–Kier alpha value is -3.78. The second kappa shape index (κ2) is 12.1. The van der Waals surface area contributed by atoms with Crippen molar-refractivity contribution >= 4 is 44.0 Å². The molecule has 1 unspecified atom stereocenters. The van der Waals surface area contributed by atoms with Crippen molar-refractivity contribution in [2.24, 2.45) is 33.5 Å². The van der Waals surface area contributed by atoms with E-state index in [1.54, 1.807) is 11.3 Å². The zero-order chi connectivity index (χ0) is 37.0. The van der Waals surface area contributed by atoms with Gasteiger partial charge in [0.2, 0.25) is 0 Å². The molecule has 1 heterocycles. The third kappa shape index (κ3) is 4.95. The average Bonchev–Trinajstić information content (AvgIpc) is 3.69. The van der Waals surface area contributed by atoms with Crippen LogP contribution in [0, 0.1) is 33.5 Å². The van der Waals surface area contributed by atoms with E-state index in [-0.39, 0.29) is 47.1 Å². The Kier molecular flexibility index (Phi) is 7.99. The summed E-state index contributed by atoms with van der Waals surface area (Å²) in [5.74, 6) is 0.312. The third-order valence-corrected chi connectivity index (χ3v) is 16.1.